The van der Waals surface area contributed by atoms with Crippen LogP contribution < -0.4 is 10.1 Å². The Hall–Kier alpha value is -3.48. The predicted molar refractivity (Wildman–Crippen MR) is 137 cm³/mol. The van der Waals surface area contributed by atoms with Gasteiger partial charge in [-0.15, -0.1) is 0 Å². The van der Waals surface area contributed by atoms with Crippen LogP contribution in [0.3, 0.4) is 0 Å². The fraction of sp³-hybridized carbons (Fsp3) is 0.185. The summed E-state index contributed by atoms with van der Waals surface area (Å²) < 4.78 is 11.1. The Bertz CT molecular complexity index is 1350. The van der Waals surface area contributed by atoms with Gasteiger partial charge in [0.25, 0.3) is 5.91 Å². The highest BCUT2D eigenvalue weighted by atomic mass is 35.5. The van der Waals surface area contributed by atoms with Crippen molar-refractivity contribution < 1.29 is 19.1 Å². The topological polar surface area (TPSA) is 80.4 Å². The van der Waals surface area contributed by atoms with Gasteiger partial charge < -0.3 is 19.8 Å². The van der Waals surface area contributed by atoms with E-state index in [0.717, 1.165) is 22.0 Å². The summed E-state index contributed by atoms with van der Waals surface area (Å²) in [4.78, 5) is 28.9. The number of aromatic amines is 1. The standard InChI is InChI=1S/C27H24Cl2N2O4/c1-17-5-4-6-21(11-17)34-16-26(32)31-25(12-19-14-30-24-8-3-2-7-22(19)24)27(33)35-15-18-9-10-20(28)13-23(18)29/h2-11,13-14,25,30H,12,15-16H2,1H3,(H,31,32). The number of ether oxygens (including phenoxy) is 2. The van der Waals surface area contributed by atoms with Crippen LogP contribution >= 0.6 is 23.2 Å². The largest absolute Gasteiger partial charge is 0.484 e. The summed E-state index contributed by atoms with van der Waals surface area (Å²) in [6.45, 7) is 1.66. The molecule has 1 aromatic heterocycles. The second-order valence-corrected chi connectivity index (χ2v) is 8.98. The van der Waals surface area contributed by atoms with Gasteiger partial charge in [0.15, 0.2) is 6.61 Å². The number of nitrogens with one attached hydrogen (secondary N) is 2. The minimum Gasteiger partial charge on any atom is -0.484 e. The third-order valence-corrected chi connectivity index (χ3v) is 6.05. The molecule has 0 saturated heterocycles. The summed E-state index contributed by atoms with van der Waals surface area (Å²) in [6.07, 6.45) is 2.07. The average molecular weight is 511 g/mol. The zero-order valence-electron chi connectivity index (χ0n) is 19.0. The maximum atomic E-state index is 13.1. The van der Waals surface area contributed by atoms with Gasteiger partial charge in [-0.05, 0) is 48.4 Å². The predicted octanol–water partition coefficient (Wildman–Crippen LogP) is 5.63. The molecular formula is C27H24Cl2N2O4. The number of H-pyrrole nitrogens is 1. The first-order chi connectivity index (χ1) is 16.9. The van der Waals surface area contributed by atoms with Crippen LogP contribution in [-0.4, -0.2) is 29.5 Å². The monoisotopic (exact) mass is 510 g/mol. The molecule has 4 aromatic rings. The zero-order chi connectivity index (χ0) is 24.8. The second-order valence-electron chi connectivity index (χ2n) is 8.13. The number of esters is 1. The van der Waals surface area contributed by atoms with Crippen LogP contribution in [0.1, 0.15) is 16.7 Å². The molecule has 1 unspecified atom stereocenters. The first-order valence-corrected chi connectivity index (χ1v) is 11.8. The smallest absolute Gasteiger partial charge is 0.329 e. The quantitative estimate of drug-likeness (QED) is 0.286. The number of aromatic nitrogens is 1. The van der Waals surface area contributed by atoms with E-state index in [1.165, 1.54) is 0 Å². The average Bonchev–Trinajstić information content (AvgIpc) is 3.24. The SMILES string of the molecule is Cc1cccc(OCC(=O)NC(Cc2c[nH]c3ccccc23)C(=O)OCc2ccc(Cl)cc2Cl)c1. The van der Waals surface area contributed by atoms with Gasteiger partial charge >= 0.3 is 5.97 Å². The van der Waals surface area contributed by atoms with Gasteiger partial charge in [-0.1, -0.05) is 59.6 Å². The molecule has 180 valence electrons. The summed E-state index contributed by atoms with van der Waals surface area (Å²) >= 11 is 12.1. The van der Waals surface area contributed by atoms with Crippen molar-refractivity contribution in [3.8, 4) is 5.75 Å². The number of carbonyl (C=O) groups excluding carboxylic acids is 2. The maximum Gasteiger partial charge on any atom is 0.329 e. The summed E-state index contributed by atoms with van der Waals surface area (Å²) in [5.74, 6) is -0.434. The van der Waals surface area contributed by atoms with E-state index in [0.29, 0.717) is 21.4 Å². The van der Waals surface area contributed by atoms with Crippen molar-refractivity contribution in [2.24, 2.45) is 0 Å². The molecule has 1 amide bonds. The molecule has 0 aliphatic carbocycles. The lowest BCUT2D eigenvalue weighted by Crippen LogP contribution is -2.45. The van der Waals surface area contributed by atoms with E-state index in [4.69, 9.17) is 32.7 Å². The fourth-order valence-electron chi connectivity index (χ4n) is 3.69. The van der Waals surface area contributed by atoms with Gasteiger partial charge in [0.1, 0.15) is 18.4 Å². The van der Waals surface area contributed by atoms with Crippen LogP contribution in [0.25, 0.3) is 10.9 Å². The number of halogens is 2. The van der Waals surface area contributed by atoms with Crippen molar-refractivity contribution >= 4 is 46.0 Å². The Morgan fingerprint density at radius 3 is 2.63 bits per heavy atom. The molecule has 35 heavy (non-hydrogen) atoms. The van der Waals surface area contributed by atoms with Gasteiger partial charge in [-0.25, -0.2) is 4.79 Å². The van der Waals surface area contributed by atoms with E-state index >= 15 is 0 Å². The molecule has 3 aromatic carbocycles. The van der Waals surface area contributed by atoms with Crippen molar-refractivity contribution in [3.63, 3.8) is 0 Å². The zero-order valence-corrected chi connectivity index (χ0v) is 20.5. The Kier molecular flexibility index (Phi) is 7.95. The highest BCUT2D eigenvalue weighted by molar-refractivity contribution is 6.35. The molecule has 0 fully saturated rings. The Balaban J connectivity index is 1.46. The molecular weight excluding hydrogens is 487 g/mol. The number of carbonyl (C=O) groups is 2. The van der Waals surface area contributed by atoms with Crippen molar-refractivity contribution in [1.29, 1.82) is 0 Å². The molecule has 4 rings (SSSR count). The number of fused-ring (bicyclic) bond motifs is 1. The van der Waals surface area contributed by atoms with Crippen LogP contribution in [0, 0.1) is 6.92 Å². The summed E-state index contributed by atoms with van der Waals surface area (Å²) in [7, 11) is 0. The Labute approximate surface area is 213 Å². The van der Waals surface area contributed by atoms with E-state index in [1.54, 1.807) is 24.3 Å². The fourth-order valence-corrected chi connectivity index (χ4v) is 4.15. The molecule has 0 aliphatic rings. The lowest BCUT2D eigenvalue weighted by Gasteiger charge is -2.18. The summed E-state index contributed by atoms with van der Waals surface area (Å²) in [6, 6.07) is 19.2. The van der Waals surface area contributed by atoms with E-state index < -0.39 is 17.9 Å². The van der Waals surface area contributed by atoms with Crippen molar-refractivity contribution in [2.45, 2.75) is 26.0 Å². The first kappa shape index (κ1) is 24.6. The summed E-state index contributed by atoms with van der Waals surface area (Å²) in [5, 5.41) is 4.61. The van der Waals surface area contributed by atoms with Gasteiger partial charge in [0.2, 0.25) is 0 Å². The van der Waals surface area contributed by atoms with Gasteiger partial charge in [0, 0.05) is 39.1 Å². The van der Waals surface area contributed by atoms with Crippen molar-refractivity contribution in [1.82, 2.24) is 10.3 Å². The number of aryl methyl sites for hydroxylation is 1. The Morgan fingerprint density at radius 2 is 1.83 bits per heavy atom. The molecule has 6 nitrogen and oxygen atoms in total. The lowest BCUT2D eigenvalue weighted by atomic mass is 10.0. The van der Waals surface area contributed by atoms with E-state index in [-0.39, 0.29) is 19.6 Å². The van der Waals surface area contributed by atoms with E-state index in [9.17, 15) is 9.59 Å². The molecule has 2 N–H and O–H groups in total. The molecule has 1 atom stereocenters. The molecule has 0 saturated carbocycles. The Morgan fingerprint density at radius 1 is 1.00 bits per heavy atom. The highest BCUT2D eigenvalue weighted by Crippen LogP contribution is 2.23. The number of rotatable bonds is 9. The number of benzene rings is 3. The molecule has 8 heteroatoms. The van der Waals surface area contributed by atoms with Gasteiger partial charge in [0.05, 0.1) is 0 Å². The lowest BCUT2D eigenvalue weighted by molar-refractivity contribution is -0.149. The number of para-hydroxylation sites is 1. The summed E-state index contributed by atoms with van der Waals surface area (Å²) in [5.41, 5.74) is 3.46. The van der Waals surface area contributed by atoms with Crippen LogP contribution in [-0.2, 0) is 27.4 Å². The third kappa shape index (κ3) is 6.56. The maximum absolute atomic E-state index is 13.1. The highest BCUT2D eigenvalue weighted by Gasteiger charge is 2.25. The van der Waals surface area contributed by atoms with Crippen molar-refractivity contribution in [3.05, 3.63) is 99.7 Å². The third-order valence-electron chi connectivity index (χ3n) is 5.46. The minimum atomic E-state index is -0.922. The normalized spacial score (nSPS) is 11.7. The van der Waals surface area contributed by atoms with Gasteiger partial charge in [-0.3, -0.25) is 4.79 Å². The molecule has 0 bridgehead atoms. The molecule has 1 heterocycles. The number of hydrogen-bond acceptors (Lipinski definition) is 4. The van der Waals surface area contributed by atoms with Crippen LogP contribution in [0.4, 0.5) is 0 Å². The van der Waals surface area contributed by atoms with E-state index in [2.05, 4.69) is 10.3 Å². The molecule has 0 radical (unpaired) electrons. The van der Waals surface area contributed by atoms with E-state index in [1.807, 2.05) is 55.6 Å². The number of amides is 1. The second kappa shape index (κ2) is 11.3. The first-order valence-electron chi connectivity index (χ1n) is 11.0. The van der Waals surface area contributed by atoms with Crippen LogP contribution in [0.15, 0.2) is 72.9 Å². The minimum absolute atomic E-state index is 0.0467. The van der Waals surface area contributed by atoms with Crippen LogP contribution in [0.2, 0.25) is 10.0 Å². The van der Waals surface area contributed by atoms with Crippen molar-refractivity contribution in [2.75, 3.05) is 6.61 Å². The van der Waals surface area contributed by atoms with Crippen LogP contribution in [0.5, 0.6) is 5.75 Å². The molecule has 0 spiro atoms. The van der Waals surface area contributed by atoms with Gasteiger partial charge in [-0.2, -0.15) is 0 Å². The molecule has 0 aliphatic heterocycles. The number of hydrogen-bond donors (Lipinski definition) is 2.